The summed E-state index contributed by atoms with van der Waals surface area (Å²) in [6.45, 7) is 0.322. The van der Waals surface area contributed by atoms with Gasteiger partial charge < -0.3 is 10.2 Å². The third kappa shape index (κ3) is 2.04. The first-order chi connectivity index (χ1) is 11.6. The first kappa shape index (κ1) is 14.9. The first-order valence-corrected chi connectivity index (χ1v) is 8.14. The molecular weight excluding hydrogens is 310 g/mol. The van der Waals surface area contributed by atoms with Crippen LogP contribution in [0.3, 0.4) is 0 Å². The van der Waals surface area contributed by atoms with Crippen molar-refractivity contribution in [3.05, 3.63) is 23.5 Å². The fraction of sp³-hybridized carbons (Fsp3) is 0.412. The Kier molecular flexibility index (Phi) is 3.37. The second kappa shape index (κ2) is 5.43. The molecule has 124 valence electrons. The minimum atomic E-state index is -0.569. The molecule has 2 aromatic rings. The van der Waals surface area contributed by atoms with Gasteiger partial charge in [-0.25, -0.2) is 9.97 Å². The molecule has 7 nitrogen and oxygen atoms in total. The highest BCUT2D eigenvalue weighted by molar-refractivity contribution is 6.26. The lowest BCUT2D eigenvalue weighted by Crippen LogP contribution is -2.35. The van der Waals surface area contributed by atoms with Crippen molar-refractivity contribution in [3.8, 4) is 11.5 Å². The quantitative estimate of drug-likeness (QED) is 0.647. The van der Waals surface area contributed by atoms with Gasteiger partial charge in [-0.1, -0.05) is 19.3 Å². The maximum Gasteiger partial charge on any atom is 0.265 e. The van der Waals surface area contributed by atoms with E-state index in [4.69, 9.17) is 0 Å². The molecule has 0 saturated heterocycles. The number of aromatic nitrogens is 2. The minimum Gasteiger partial charge on any atom is -0.505 e. The summed E-state index contributed by atoms with van der Waals surface area (Å²) in [7, 11) is 0. The number of carbonyl (C=O) groups is 2. The molecule has 2 amide bonds. The van der Waals surface area contributed by atoms with Crippen LogP contribution in [-0.2, 0) is 0 Å². The second-order valence-corrected chi connectivity index (χ2v) is 6.43. The summed E-state index contributed by atoms with van der Waals surface area (Å²) < 4.78 is 0. The number of nitrogens with zero attached hydrogens (tertiary/aromatic N) is 3. The summed E-state index contributed by atoms with van der Waals surface area (Å²) in [5, 5.41) is 20.8. The summed E-state index contributed by atoms with van der Waals surface area (Å²) >= 11 is 0. The van der Waals surface area contributed by atoms with Crippen LogP contribution in [-0.4, -0.2) is 43.4 Å². The predicted molar refractivity (Wildman–Crippen MR) is 84.8 cm³/mol. The summed E-state index contributed by atoms with van der Waals surface area (Å²) in [4.78, 5) is 34.4. The van der Waals surface area contributed by atoms with Gasteiger partial charge >= 0.3 is 0 Å². The SMILES string of the molecule is O=C1c2c(c(O)c3nccnc3c2O)C(=O)N1CC1CCCCC1. The summed E-state index contributed by atoms with van der Waals surface area (Å²) in [6.07, 6.45) is 8.06. The number of benzene rings is 1. The van der Waals surface area contributed by atoms with E-state index in [0.29, 0.717) is 6.54 Å². The predicted octanol–water partition coefficient (Wildman–Crippen LogP) is 2.22. The fourth-order valence-corrected chi connectivity index (χ4v) is 3.73. The molecule has 24 heavy (non-hydrogen) atoms. The lowest BCUT2D eigenvalue weighted by atomic mass is 9.89. The number of aromatic hydroxyl groups is 2. The van der Waals surface area contributed by atoms with E-state index in [1.165, 1.54) is 18.8 Å². The van der Waals surface area contributed by atoms with E-state index in [1.54, 1.807) is 0 Å². The number of fused-ring (bicyclic) bond motifs is 2. The largest absolute Gasteiger partial charge is 0.505 e. The van der Waals surface area contributed by atoms with Crippen LogP contribution in [0, 0.1) is 5.92 Å². The molecule has 4 rings (SSSR count). The number of carbonyl (C=O) groups excluding carboxylic acids is 2. The van der Waals surface area contributed by atoms with E-state index >= 15 is 0 Å². The van der Waals surface area contributed by atoms with E-state index < -0.39 is 23.3 Å². The van der Waals surface area contributed by atoms with Crippen molar-refractivity contribution >= 4 is 22.8 Å². The Morgan fingerprint density at radius 3 is 1.92 bits per heavy atom. The van der Waals surface area contributed by atoms with E-state index in [1.807, 2.05) is 0 Å². The van der Waals surface area contributed by atoms with Crippen LogP contribution >= 0.6 is 0 Å². The van der Waals surface area contributed by atoms with Gasteiger partial charge in [-0.3, -0.25) is 14.5 Å². The van der Waals surface area contributed by atoms with Gasteiger partial charge in [-0.05, 0) is 18.8 Å². The average Bonchev–Trinajstić information content (AvgIpc) is 2.86. The average molecular weight is 327 g/mol. The number of amides is 2. The molecule has 1 aromatic carbocycles. The monoisotopic (exact) mass is 327 g/mol. The summed E-state index contributed by atoms with van der Waals surface area (Å²) in [6, 6.07) is 0. The van der Waals surface area contributed by atoms with Crippen LogP contribution in [0.2, 0.25) is 0 Å². The Balaban J connectivity index is 1.79. The van der Waals surface area contributed by atoms with Crippen molar-refractivity contribution in [2.75, 3.05) is 6.54 Å². The minimum absolute atomic E-state index is 0.0226. The van der Waals surface area contributed by atoms with Crippen molar-refractivity contribution in [3.63, 3.8) is 0 Å². The topological polar surface area (TPSA) is 104 Å². The lowest BCUT2D eigenvalue weighted by molar-refractivity contribution is 0.0615. The van der Waals surface area contributed by atoms with Gasteiger partial charge in [0.15, 0.2) is 11.5 Å². The van der Waals surface area contributed by atoms with E-state index in [0.717, 1.165) is 30.6 Å². The number of phenolic OH excluding ortho intramolecular Hbond substituents is 2. The zero-order valence-electron chi connectivity index (χ0n) is 13.0. The summed E-state index contributed by atoms with van der Waals surface area (Å²) in [5.41, 5.74) is -0.286. The van der Waals surface area contributed by atoms with E-state index in [-0.39, 0.29) is 28.1 Å². The molecule has 2 aliphatic rings. The molecule has 0 unspecified atom stereocenters. The third-order valence-corrected chi connectivity index (χ3v) is 4.95. The fourth-order valence-electron chi connectivity index (χ4n) is 3.73. The zero-order chi connectivity index (χ0) is 16.8. The molecule has 0 atom stereocenters. The second-order valence-electron chi connectivity index (χ2n) is 6.43. The number of rotatable bonds is 2. The van der Waals surface area contributed by atoms with E-state index in [2.05, 4.69) is 9.97 Å². The van der Waals surface area contributed by atoms with Gasteiger partial charge in [0.05, 0.1) is 0 Å². The van der Waals surface area contributed by atoms with Gasteiger partial charge in [-0.15, -0.1) is 0 Å². The molecule has 1 fully saturated rings. The van der Waals surface area contributed by atoms with Crippen molar-refractivity contribution < 1.29 is 19.8 Å². The van der Waals surface area contributed by atoms with Crippen molar-refractivity contribution in [1.82, 2.24) is 14.9 Å². The maximum atomic E-state index is 12.7. The number of hydrogen-bond acceptors (Lipinski definition) is 6. The Labute approximate surface area is 137 Å². The lowest BCUT2D eigenvalue weighted by Gasteiger charge is -2.25. The molecule has 1 saturated carbocycles. The highest BCUT2D eigenvalue weighted by Gasteiger charge is 2.43. The maximum absolute atomic E-state index is 12.7. The Bertz CT molecular complexity index is 798. The molecule has 0 spiro atoms. The standard InChI is InChI=1S/C17H17N3O4/c21-14-10-11(15(22)13-12(14)18-6-7-19-13)17(24)20(16(10)23)8-9-4-2-1-3-5-9/h6-7,9,21-22H,1-5,8H2. The Hall–Kier alpha value is -2.70. The molecule has 2 heterocycles. The number of imide groups is 1. The van der Waals surface area contributed by atoms with Crippen LogP contribution in [0.25, 0.3) is 11.0 Å². The van der Waals surface area contributed by atoms with Gasteiger partial charge in [0.1, 0.15) is 22.2 Å². The summed E-state index contributed by atoms with van der Waals surface area (Å²) in [5.74, 6) is -1.65. The first-order valence-electron chi connectivity index (χ1n) is 8.14. The highest BCUT2D eigenvalue weighted by Crippen LogP contribution is 2.42. The smallest absolute Gasteiger partial charge is 0.265 e. The van der Waals surface area contributed by atoms with Crippen LogP contribution in [0.5, 0.6) is 11.5 Å². The third-order valence-electron chi connectivity index (χ3n) is 4.95. The molecule has 0 bridgehead atoms. The molecule has 7 heteroatoms. The Morgan fingerprint density at radius 2 is 1.42 bits per heavy atom. The van der Waals surface area contributed by atoms with Gasteiger partial charge in [0.2, 0.25) is 0 Å². The van der Waals surface area contributed by atoms with Crippen molar-refractivity contribution in [2.45, 2.75) is 32.1 Å². The van der Waals surface area contributed by atoms with Crippen LogP contribution in [0.1, 0.15) is 52.8 Å². The molecule has 1 aromatic heterocycles. The van der Waals surface area contributed by atoms with Crippen LogP contribution < -0.4 is 0 Å². The molecule has 1 aliphatic heterocycles. The van der Waals surface area contributed by atoms with Crippen LogP contribution in [0.15, 0.2) is 12.4 Å². The van der Waals surface area contributed by atoms with Gasteiger partial charge in [0, 0.05) is 18.9 Å². The van der Waals surface area contributed by atoms with E-state index in [9.17, 15) is 19.8 Å². The number of phenols is 2. The zero-order valence-corrected chi connectivity index (χ0v) is 13.0. The normalized spacial score (nSPS) is 18.4. The van der Waals surface area contributed by atoms with Crippen molar-refractivity contribution in [2.24, 2.45) is 5.92 Å². The highest BCUT2D eigenvalue weighted by atomic mass is 16.3. The molecule has 0 radical (unpaired) electrons. The molecule has 2 N–H and O–H groups in total. The number of hydrogen-bond donors (Lipinski definition) is 2. The Morgan fingerprint density at radius 1 is 0.917 bits per heavy atom. The van der Waals surface area contributed by atoms with Gasteiger partial charge in [0.25, 0.3) is 11.8 Å². The molecule has 1 aliphatic carbocycles. The van der Waals surface area contributed by atoms with Crippen LogP contribution in [0.4, 0.5) is 0 Å². The van der Waals surface area contributed by atoms with Crippen molar-refractivity contribution in [1.29, 1.82) is 0 Å². The molecular formula is C17H17N3O4. The van der Waals surface area contributed by atoms with Gasteiger partial charge in [-0.2, -0.15) is 0 Å².